The summed E-state index contributed by atoms with van der Waals surface area (Å²) in [5.74, 6) is 0. The fourth-order valence-corrected chi connectivity index (χ4v) is 3.87. The van der Waals surface area contributed by atoms with E-state index < -0.39 is 7.94 Å². The predicted molar refractivity (Wildman–Crippen MR) is 107 cm³/mol. The summed E-state index contributed by atoms with van der Waals surface area (Å²) in [5, 5.41) is 0. The summed E-state index contributed by atoms with van der Waals surface area (Å²) >= 11 is 0. The fraction of sp³-hybridized carbons (Fsp3) is 1.00. The van der Waals surface area contributed by atoms with Crippen LogP contribution in [0.15, 0.2) is 0 Å². The van der Waals surface area contributed by atoms with Crippen LogP contribution in [-0.2, 0) is 0 Å². The van der Waals surface area contributed by atoms with Gasteiger partial charge in [-0.15, -0.1) is 0 Å². The van der Waals surface area contributed by atoms with Crippen molar-refractivity contribution < 1.29 is 14.7 Å². The highest BCUT2D eigenvalue weighted by Gasteiger charge is 2.27. The molecule has 0 radical (unpaired) electrons. The van der Waals surface area contributed by atoms with E-state index in [1.54, 1.807) is 0 Å². The smallest absolute Gasteiger partial charge is 0.193 e. The third-order valence-corrected chi connectivity index (χ3v) is 5.73. The molecule has 0 bridgehead atoms. The van der Waals surface area contributed by atoms with Gasteiger partial charge in [-0.25, -0.2) is 0 Å². The second-order valence-electron chi connectivity index (χ2n) is 7.43. The van der Waals surface area contributed by atoms with Crippen LogP contribution in [0.2, 0.25) is 0 Å². The van der Waals surface area contributed by atoms with Gasteiger partial charge in [0.2, 0.25) is 0 Å². The molecule has 0 aliphatic carbocycles. The van der Waals surface area contributed by atoms with E-state index in [9.17, 15) is 0 Å². The highest BCUT2D eigenvalue weighted by molar-refractivity contribution is 7.58. The molecule has 0 atom stereocenters. The molecule has 0 spiro atoms. The van der Waals surface area contributed by atoms with Gasteiger partial charge in [0.25, 0.3) is 0 Å². The van der Waals surface area contributed by atoms with E-state index in [0.29, 0.717) is 0 Å². The maximum Gasteiger partial charge on any atom is 0.403 e. The van der Waals surface area contributed by atoms with E-state index in [4.69, 9.17) is 14.7 Å². The molecule has 0 saturated carbocycles. The largest absolute Gasteiger partial charge is 0.403 e. The molecule has 3 nitrogen and oxygen atoms in total. The van der Waals surface area contributed by atoms with Crippen molar-refractivity contribution in [3.05, 3.63) is 0 Å². The maximum absolute atomic E-state index is 8.87. The predicted octanol–water partition coefficient (Wildman–Crippen LogP) is 6.77. The van der Waals surface area contributed by atoms with Crippen LogP contribution in [0.4, 0.5) is 0 Å². The molecule has 0 aromatic carbocycles. The van der Waals surface area contributed by atoms with Crippen LogP contribution in [0, 0.1) is 0 Å². The Morgan fingerprint density at radius 1 is 0.417 bits per heavy atom. The van der Waals surface area contributed by atoms with E-state index >= 15 is 0 Å². The summed E-state index contributed by atoms with van der Waals surface area (Å²) in [4.78, 5) is 26.6. The third-order valence-electron chi connectivity index (χ3n) is 4.81. The van der Waals surface area contributed by atoms with Gasteiger partial charge in [-0.1, -0.05) is 110 Å². The van der Waals surface area contributed by atoms with E-state index in [1.165, 1.54) is 96.3 Å². The lowest BCUT2D eigenvalue weighted by Gasteiger charge is -2.04. The van der Waals surface area contributed by atoms with Crippen molar-refractivity contribution in [1.82, 2.24) is 0 Å². The SMILES string of the molecule is CCCCCCCCCCCCCCCCCCCC[P+](O)(O)O. The summed E-state index contributed by atoms with van der Waals surface area (Å²) in [5.41, 5.74) is 0. The lowest BCUT2D eigenvalue weighted by molar-refractivity contribution is 0.328. The Hall–Kier alpha value is 0.310. The molecule has 0 saturated heterocycles. The Morgan fingerprint density at radius 3 is 0.917 bits per heavy atom. The molecular formula is C20H44O3P+. The minimum absolute atomic E-state index is 0.172. The van der Waals surface area contributed by atoms with Crippen LogP contribution in [0.3, 0.4) is 0 Å². The van der Waals surface area contributed by atoms with Crippen molar-refractivity contribution in [2.75, 3.05) is 6.16 Å². The highest BCUT2D eigenvalue weighted by atomic mass is 31.2. The average molecular weight is 364 g/mol. The second kappa shape index (κ2) is 18.1. The van der Waals surface area contributed by atoms with E-state index in [0.717, 1.165) is 19.3 Å². The Labute approximate surface area is 151 Å². The number of hydrogen-bond acceptors (Lipinski definition) is 3. The summed E-state index contributed by atoms with van der Waals surface area (Å²) in [6, 6.07) is 0. The van der Waals surface area contributed by atoms with Crippen LogP contribution in [0.5, 0.6) is 0 Å². The molecule has 0 fully saturated rings. The first-order valence-electron chi connectivity index (χ1n) is 10.6. The molecule has 24 heavy (non-hydrogen) atoms. The fourth-order valence-electron chi connectivity index (χ4n) is 3.23. The summed E-state index contributed by atoms with van der Waals surface area (Å²) in [7, 11) is -3.51. The summed E-state index contributed by atoms with van der Waals surface area (Å²) in [6.07, 6.45) is 23.9. The van der Waals surface area contributed by atoms with Gasteiger partial charge in [0.05, 0.1) is 0 Å². The third kappa shape index (κ3) is 22.3. The van der Waals surface area contributed by atoms with E-state index in [-0.39, 0.29) is 6.16 Å². The molecule has 4 heteroatoms. The topological polar surface area (TPSA) is 60.7 Å². The van der Waals surface area contributed by atoms with Crippen LogP contribution in [0.1, 0.15) is 122 Å². The van der Waals surface area contributed by atoms with Crippen LogP contribution in [0.25, 0.3) is 0 Å². The first-order valence-corrected chi connectivity index (χ1v) is 12.5. The lowest BCUT2D eigenvalue weighted by Crippen LogP contribution is -1.95. The molecule has 0 aromatic rings. The Balaban J connectivity index is 3.00. The van der Waals surface area contributed by atoms with Crippen molar-refractivity contribution in [3.8, 4) is 0 Å². The molecule has 0 heterocycles. The average Bonchev–Trinajstić information content (AvgIpc) is 2.52. The van der Waals surface area contributed by atoms with Gasteiger partial charge >= 0.3 is 7.94 Å². The molecule has 0 rings (SSSR count). The van der Waals surface area contributed by atoms with Gasteiger partial charge in [-0.2, -0.15) is 14.7 Å². The van der Waals surface area contributed by atoms with E-state index in [1.807, 2.05) is 0 Å². The standard InChI is InChI=1S/C20H44O3P/c1-2-3-4-5-6-7-8-9-10-11-12-13-14-15-16-17-18-19-20-24(21,22)23/h21-23H,2-20H2,1H3/q+1. The van der Waals surface area contributed by atoms with Crippen molar-refractivity contribution in [3.63, 3.8) is 0 Å². The second-order valence-corrected chi connectivity index (χ2v) is 9.26. The number of unbranched alkanes of at least 4 members (excludes halogenated alkanes) is 17. The maximum atomic E-state index is 8.87. The zero-order valence-corrected chi connectivity index (χ0v) is 17.1. The van der Waals surface area contributed by atoms with Gasteiger partial charge < -0.3 is 0 Å². The Morgan fingerprint density at radius 2 is 0.667 bits per heavy atom. The van der Waals surface area contributed by atoms with Gasteiger partial charge in [0, 0.05) is 0 Å². The Bertz CT molecular complexity index is 242. The summed E-state index contributed by atoms with van der Waals surface area (Å²) in [6.45, 7) is 2.28. The zero-order chi connectivity index (χ0) is 17.9. The first kappa shape index (κ1) is 24.3. The highest BCUT2D eigenvalue weighted by Crippen LogP contribution is 2.45. The van der Waals surface area contributed by atoms with E-state index in [2.05, 4.69) is 6.92 Å². The minimum Gasteiger partial charge on any atom is -0.193 e. The van der Waals surface area contributed by atoms with Gasteiger partial charge in [-0.05, 0) is 12.8 Å². The van der Waals surface area contributed by atoms with Crippen LogP contribution >= 0.6 is 7.94 Å². The monoisotopic (exact) mass is 363 g/mol. The molecular weight excluding hydrogens is 319 g/mol. The quantitative estimate of drug-likeness (QED) is 0.175. The molecule has 3 N–H and O–H groups in total. The number of hydrogen-bond donors (Lipinski definition) is 3. The molecule has 0 aliphatic heterocycles. The van der Waals surface area contributed by atoms with Crippen molar-refractivity contribution in [1.29, 1.82) is 0 Å². The molecule has 0 unspecified atom stereocenters. The van der Waals surface area contributed by atoms with Gasteiger partial charge in [-0.3, -0.25) is 0 Å². The van der Waals surface area contributed by atoms with Crippen LogP contribution < -0.4 is 0 Å². The van der Waals surface area contributed by atoms with Crippen molar-refractivity contribution in [2.24, 2.45) is 0 Å². The normalized spacial score (nSPS) is 12.0. The zero-order valence-electron chi connectivity index (χ0n) is 16.2. The minimum atomic E-state index is -3.51. The molecule has 0 aliphatic rings. The lowest BCUT2D eigenvalue weighted by atomic mass is 10.0. The molecule has 0 aromatic heterocycles. The summed E-state index contributed by atoms with van der Waals surface area (Å²) < 4.78 is 0. The molecule has 0 amide bonds. The Kier molecular flexibility index (Phi) is 18.3. The first-order chi connectivity index (χ1) is 11.6. The van der Waals surface area contributed by atoms with Crippen LogP contribution in [-0.4, -0.2) is 20.8 Å². The molecule has 146 valence electrons. The van der Waals surface area contributed by atoms with Crippen molar-refractivity contribution in [2.45, 2.75) is 122 Å². The van der Waals surface area contributed by atoms with Gasteiger partial charge in [0.1, 0.15) is 6.16 Å². The van der Waals surface area contributed by atoms with Crippen molar-refractivity contribution >= 4 is 7.94 Å². The number of rotatable bonds is 19. The van der Waals surface area contributed by atoms with Gasteiger partial charge in [0.15, 0.2) is 0 Å².